The van der Waals surface area contributed by atoms with E-state index in [9.17, 15) is 9.59 Å². The second kappa shape index (κ2) is 10.4. The highest BCUT2D eigenvalue weighted by atomic mass is 32.2. The maximum Gasteiger partial charge on any atom is 0.235 e. The van der Waals surface area contributed by atoms with Gasteiger partial charge in [0.1, 0.15) is 5.76 Å². The first-order valence-electron chi connectivity index (χ1n) is 8.59. The monoisotopic (exact) mass is 386 g/mol. The van der Waals surface area contributed by atoms with E-state index in [0.29, 0.717) is 30.2 Å². The molecule has 8 heteroatoms. The Kier molecular flexibility index (Phi) is 7.89. The molecule has 0 saturated heterocycles. The van der Waals surface area contributed by atoms with Crippen LogP contribution in [0, 0.1) is 18.3 Å². The molecule has 27 heavy (non-hydrogen) atoms. The number of nitriles is 1. The topological polar surface area (TPSA) is 99.2 Å². The maximum atomic E-state index is 12.5. The van der Waals surface area contributed by atoms with Gasteiger partial charge >= 0.3 is 0 Å². The highest BCUT2D eigenvalue weighted by Crippen LogP contribution is 2.12. The van der Waals surface area contributed by atoms with Crippen molar-refractivity contribution in [1.82, 2.24) is 10.1 Å². The van der Waals surface area contributed by atoms with Gasteiger partial charge in [0.15, 0.2) is 5.82 Å². The molecule has 0 fully saturated rings. The summed E-state index contributed by atoms with van der Waals surface area (Å²) >= 11 is 1.26. The third-order valence-corrected chi connectivity index (χ3v) is 4.57. The fourth-order valence-electron chi connectivity index (χ4n) is 2.39. The van der Waals surface area contributed by atoms with E-state index in [2.05, 4.69) is 16.5 Å². The van der Waals surface area contributed by atoms with Crippen molar-refractivity contribution in [3.63, 3.8) is 0 Å². The van der Waals surface area contributed by atoms with Gasteiger partial charge < -0.3 is 14.7 Å². The molecule has 0 radical (unpaired) electrons. The van der Waals surface area contributed by atoms with Crippen molar-refractivity contribution < 1.29 is 14.1 Å². The first kappa shape index (κ1) is 20.5. The van der Waals surface area contributed by atoms with Crippen LogP contribution in [0.25, 0.3) is 0 Å². The Labute approximate surface area is 162 Å². The molecule has 7 nitrogen and oxygen atoms in total. The molecule has 0 atom stereocenters. The summed E-state index contributed by atoms with van der Waals surface area (Å²) < 4.78 is 4.89. The van der Waals surface area contributed by atoms with Gasteiger partial charge in [-0.2, -0.15) is 5.26 Å². The molecule has 2 amide bonds. The molecule has 142 valence electrons. The predicted molar refractivity (Wildman–Crippen MR) is 104 cm³/mol. The van der Waals surface area contributed by atoms with Gasteiger partial charge in [0.25, 0.3) is 0 Å². The summed E-state index contributed by atoms with van der Waals surface area (Å²) in [6, 6.07) is 10.9. The zero-order valence-corrected chi connectivity index (χ0v) is 16.2. The molecule has 1 N–H and O–H groups in total. The average molecular weight is 386 g/mol. The van der Waals surface area contributed by atoms with E-state index in [0.717, 1.165) is 12.0 Å². The molecule has 0 aliphatic heterocycles. The molecule has 0 bridgehead atoms. The number of rotatable bonds is 9. The Morgan fingerprint density at radius 3 is 2.63 bits per heavy atom. The van der Waals surface area contributed by atoms with Gasteiger partial charge in [-0.3, -0.25) is 9.59 Å². The van der Waals surface area contributed by atoms with Crippen molar-refractivity contribution >= 4 is 29.4 Å². The molecule has 0 unspecified atom stereocenters. The molecular formula is C19H22N4O3S. The molecule has 1 aromatic carbocycles. The summed E-state index contributed by atoms with van der Waals surface area (Å²) in [5.74, 6) is 1.13. The van der Waals surface area contributed by atoms with Crippen LogP contribution >= 0.6 is 11.8 Å². The molecule has 0 saturated carbocycles. The Hall–Kier alpha value is -2.79. The number of carbonyl (C=O) groups excluding carboxylic acids is 2. The van der Waals surface area contributed by atoms with Crippen molar-refractivity contribution in [3.05, 3.63) is 47.2 Å². The summed E-state index contributed by atoms with van der Waals surface area (Å²) in [4.78, 5) is 26.2. The summed E-state index contributed by atoms with van der Waals surface area (Å²) in [5.41, 5.74) is 1.57. The zero-order chi connectivity index (χ0) is 19.6. The maximum absolute atomic E-state index is 12.5. The number of aryl methyl sites for hydroxylation is 1. The van der Waals surface area contributed by atoms with Gasteiger partial charge in [-0.05, 0) is 31.0 Å². The fraction of sp³-hybridized carbons (Fsp3) is 0.368. The minimum Gasteiger partial charge on any atom is -0.360 e. The van der Waals surface area contributed by atoms with Gasteiger partial charge in [-0.15, -0.1) is 11.8 Å². The highest BCUT2D eigenvalue weighted by Gasteiger charge is 2.15. The number of carbonyl (C=O) groups is 2. The van der Waals surface area contributed by atoms with Crippen LogP contribution in [0.2, 0.25) is 0 Å². The zero-order valence-electron chi connectivity index (χ0n) is 15.4. The molecule has 1 aromatic heterocycles. The third kappa shape index (κ3) is 6.79. The molecule has 0 aliphatic rings. The van der Waals surface area contributed by atoms with Crippen LogP contribution in [0.4, 0.5) is 5.82 Å². The molecule has 1 heterocycles. The fourth-order valence-corrected chi connectivity index (χ4v) is 3.11. The standard InChI is InChI=1S/C19H22N4O3S/c1-3-8-23(11-16-6-4-15(10-20)5-7-16)19(25)13-27-12-18(24)21-17-9-14(2)26-22-17/h4-7,9H,3,8,11-13H2,1-2H3,(H,21,22,24). The van der Waals surface area contributed by atoms with E-state index in [1.54, 1.807) is 30.0 Å². The van der Waals surface area contributed by atoms with Crippen molar-refractivity contribution in [1.29, 1.82) is 5.26 Å². The van der Waals surface area contributed by atoms with Gasteiger partial charge in [0.2, 0.25) is 11.8 Å². The SMILES string of the molecule is CCCN(Cc1ccc(C#N)cc1)C(=O)CSCC(=O)Nc1cc(C)on1. The quantitative estimate of drug-likeness (QED) is 0.711. The van der Waals surface area contributed by atoms with Gasteiger partial charge in [0.05, 0.1) is 23.1 Å². The highest BCUT2D eigenvalue weighted by molar-refractivity contribution is 8.00. The average Bonchev–Trinajstić information content (AvgIpc) is 3.06. The van der Waals surface area contributed by atoms with Gasteiger partial charge in [0, 0.05) is 19.2 Å². The normalized spacial score (nSPS) is 10.3. The van der Waals surface area contributed by atoms with Crippen LogP contribution in [0.3, 0.4) is 0 Å². The van der Waals surface area contributed by atoms with Crippen LogP contribution in [-0.2, 0) is 16.1 Å². The Bertz CT molecular complexity index is 811. The minimum atomic E-state index is -0.227. The number of hydrogen-bond donors (Lipinski definition) is 1. The van der Waals surface area contributed by atoms with E-state index in [4.69, 9.17) is 9.78 Å². The molecule has 2 rings (SSSR count). The van der Waals surface area contributed by atoms with Crippen molar-refractivity contribution in [2.24, 2.45) is 0 Å². The summed E-state index contributed by atoms with van der Waals surface area (Å²) in [6.07, 6.45) is 0.846. The van der Waals surface area contributed by atoms with Crippen LogP contribution in [0.5, 0.6) is 0 Å². The second-order valence-electron chi connectivity index (χ2n) is 5.99. The Balaban J connectivity index is 1.81. The predicted octanol–water partition coefficient (Wildman–Crippen LogP) is 2.97. The van der Waals surface area contributed by atoms with E-state index in [-0.39, 0.29) is 23.3 Å². The Morgan fingerprint density at radius 1 is 1.30 bits per heavy atom. The summed E-state index contributed by atoms with van der Waals surface area (Å²) in [6.45, 7) is 4.89. The van der Waals surface area contributed by atoms with Crippen LogP contribution in [0.1, 0.15) is 30.2 Å². The summed E-state index contributed by atoms with van der Waals surface area (Å²) in [5, 5.41) is 15.2. The molecular weight excluding hydrogens is 364 g/mol. The number of aromatic nitrogens is 1. The number of amides is 2. The lowest BCUT2D eigenvalue weighted by Gasteiger charge is -2.22. The lowest BCUT2D eigenvalue weighted by atomic mass is 10.1. The minimum absolute atomic E-state index is 0.0173. The van der Waals surface area contributed by atoms with E-state index >= 15 is 0 Å². The number of benzene rings is 1. The number of nitrogens with one attached hydrogen (secondary N) is 1. The lowest BCUT2D eigenvalue weighted by molar-refractivity contribution is -0.129. The molecule has 0 aliphatic carbocycles. The first-order chi connectivity index (χ1) is 13.0. The number of anilines is 1. The second-order valence-corrected chi connectivity index (χ2v) is 6.97. The van der Waals surface area contributed by atoms with Gasteiger partial charge in [-0.1, -0.05) is 24.2 Å². The van der Waals surface area contributed by atoms with Crippen LogP contribution < -0.4 is 5.32 Å². The number of hydrogen-bond acceptors (Lipinski definition) is 6. The van der Waals surface area contributed by atoms with Crippen molar-refractivity contribution in [2.45, 2.75) is 26.8 Å². The summed E-state index contributed by atoms with van der Waals surface area (Å²) in [7, 11) is 0. The van der Waals surface area contributed by atoms with Crippen LogP contribution in [-0.4, -0.2) is 39.9 Å². The molecule has 2 aromatic rings. The number of thioether (sulfide) groups is 1. The van der Waals surface area contributed by atoms with E-state index < -0.39 is 0 Å². The first-order valence-corrected chi connectivity index (χ1v) is 9.75. The van der Waals surface area contributed by atoms with E-state index in [1.807, 2.05) is 19.1 Å². The smallest absolute Gasteiger partial charge is 0.235 e. The van der Waals surface area contributed by atoms with Crippen LogP contribution in [0.15, 0.2) is 34.9 Å². The largest absolute Gasteiger partial charge is 0.360 e. The number of nitrogens with zero attached hydrogens (tertiary/aromatic N) is 3. The van der Waals surface area contributed by atoms with E-state index in [1.165, 1.54) is 11.8 Å². The van der Waals surface area contributed by atoms with Crippen molar-refractivity contribution in [3.8, 4) is 6.07 Å². The van der Waals surface area contributed by atoms with Crippen molar-refractivity contribution in [2.75, 3.05) is 23.4 Å². The molecule has 0 spiro atoms. The Morgan fingerprint density at radius 2 is 2.04 bits per heavy atom. The lowest BCUT2D eigenvalue weighted by Crippen LogP contribution is -2.33. The van der Waals surface area contributed by atoms with Gasteiger partial charge in [-0.25, -0.2) is 0 Å². The third-order valence-electron chi connectivity index (χ3n) is 3.66.